The van der Waals surface area contributed by atoms with Crippen LogP contribution in [0.15, 0.2) is 43.2 Å². The lowest BCUT2D eigenvalue weighted by Crippen LogP contribution is -2.47. The molecule has 1 unspecified atom stereocenters. The monoisotopic (exact) mass is 346 g/mol. The van der Waals surface area contributed by atoms with Gasteiger partial charge in [-0.25, -0.2) is 9.59 Å². The molecule has 3 rings (SSSR count). The average molecular weight is 346 g/mol. The number of para-hydroxylation sites is 1. The number of benzene rings is 1. The van der Waals surface area contributed by atoms with Gasteiger partial charge in [0.2, 0.25) is 0 Å². The second kappa shape index (κ2) is 7.92. The van der Waals surface area contributed by atoms with Gasteiger partial charge >= 0.3 is 12.2 Å². The molecule has 2 aliphatic heterocycles. The van der Waals surface area contributed by atoms with Crippen molar-refractivity contribution in [3.05, 3.63) is 43.2 Å². The van der Waals surface area contributed by atoms with E-state index in [1.165, 1.54) is 0 Å². The summed E-state index contributed by atoms with van der Waals surface area (Å²) in [6, 6.07) is 9.52. The summed E-state index contributed by atoms with van der Waals surface area (Å²) in [5.74, 6) is 0.756. The number of hydrogen-bond acceptors (Lipinski definition) is 5. The molecule has 2 aliphatic rings. The van der Waals surface area contributed by atoms with Crippen LogP contribution in [-0.2, 0) is 9.47 Å². The highest BCUT2D eigenvalue weighted by atomic mass is 16.6. The number of likely N-dealkylation sites (tertiary alicyclic amines) is 1. The topological polar surface area (TPSA) is 68.3 Å². The largest absolute Gasteiger partial charge is 0.490 e. The lowest BCUT2D eigenvalue weighted by Gasteiger charge is -2.34. The summed E-state index contributed by atoms with van der Waals surface area (Å²) < 4.78 is 15.9. The first-order chi connectivity index (χ1) is 12.2. The smallest absolute Gasteiger partial charge is 0.414 e. The molecule has 0 aromatic heterocycles. The van der Waals surface area contributed by atoms with E-state index in [0.717, 1.165) is 12.0 Å². The molecule has 2 heterocycles. The Kier molecular flexibility index (Phi) is 5.42. The molecule has 1 atom stereocenters. The van der Waals surface area contributed by atoms with Gasteiger partial charge in [0, 0.05) is 19.1 Å². The van der Waals surface area contributed by atoms with E-state index >= 15 is 0 Å². The van der Waals surface area contributed by atoms with Gasteiger partial charge in [0.1, 0.15) is 12.4 Å². The van der Waals surface area contributed by atoms with Crippen LogP contribution in [0.4, 0.5) is 9.59 Å². The number of amides is 2. The molecule has 0 radical (unpaired) electrons. The molecule has 2 saturated heterocycles. The average Bonchev–Trinajstić information content (AvgIpc) is 3.02. The lowest BCUT2D eigenvalue weighted by molar-refractivity contribution is 0.0943. The zero-order chi connectivity index (χ0) is 17.6. The second-order valence-corrected chi connectivity index (χ2v) is 6.05. The normalized spacial score (nSPS) is 21.0. The van der Waals surface area contributed by atoms with Crippen LogP contribution in [0.2, 0.25) is 0 Å². The number of carbonyl (C=O) groups excluding carboxylic acids is 2. The van der Waals surface area contributed by atoms with Crippen LogP contribution in [0.5, 0.6) is 5.75 Å². The minimum atomic E-state index is -0.397. The van der Waals surface area contributed by atoms with Crippen molar-refractivity contribution in [2.45, 2.75) is 25.0 Å². The van der Waals surface area contributed by atoms with Gasteiger partial charge in [-0.15, -0.1) is 0 Å². The van der Waals surface area contributed by atoms with Gasteiger partial charge in [-0.2, -0.15) is 0 Å². The highest BCUT2D eigenvalue weighted by molar-refractivity contribution is 5.71. The van der Waals surface area contributed by atoms with Gasteiger partial charge in [-0.3, -0.25) is 0 Å². The molecule has 2 fully saturated rings. The molecule has 0 N–H and O–H groups in total. The highest BCUT2D eigenvalue weighted by Gasteiger charge is 2.38. The van der Waals surface area contributed by atoms with Crippen molar-refractivity contribution in [1.29, 1.82) is 0 Å². The molecule has 1 aromatic carbocycles. The maximum atomic E-state index is 12.1. The van der Waals surface area contributed by atoms with E-state index in [9.17, 15) is 9.59 Å². The Morgan fingerprint density at radius 2 is 2.00 bits per heavy atom. The molecule has 134 valence electrons. The number of cyclic esters (lactones) is 1. The van der Waals surface area contributed by atoms with Crippen molar-refractivity contribution in [2.24, 2.45) is 0 Å². The molecule has 7 heteroatoms. The second-order valence-electron chi connectivity index (χ2n) is 6.05. The summed E-state index contributed by atoms with van der Waals surface area (Å²) in [5, 5.41) is 0. The molecule has 1 aromatic rings. The Bertz CT molecular complexity index is 613. The quantitative estimate of drug-likeness (QED) is 0.767. The summed E-state index contributed by atoms with van der Waals surface area (Å²) >= 11 is 0. The summed E-state index contributed by atoms with van der Waals surface area (Å²) in [6.45, 7) is 5.31. The van der Waals surface area contributed by atoms with Crippen LogP contribution < -0.4 is 4.74 Å². The van der Waals surface area contributed by atoms with E-state index in [-0.39, 0.29) is 18.2 Å². The summed E-state index contributed by atoms with van der Waals surface area (Å²) in [6.07, 6.45) is 1.54. The molecule has 0 aliphatic carbocycles. The van der Waals surface area contributed by atoms with Crippen LogP contribution in [-0.4, -0.2) is 60.4 Å². The van der Waals surface area contributed by atoms with Crippen molar-refractivity contribution in [1.82, 2.24) is 9.80 Å². The van der Waals surface area contributed by atoms with Gasteiger partial charge in [-0.05, 0) is 25.0 Å². The first kappa shape index (κ1) is 17.1. The summed E-state index contributed by atoms with van der Waals surface area (Å²) in [5.41, 5.74) is 0. The Hall–Kier alpha value is -2.70. The molecular weight excluding hydrogens is 324 g/mol. The van der Waals surface area contributed by atoms with Crippen molar-refractivity contribution < 1.29 is 23.8 Å². The first-order valence-corrected chi connectivity index (χ1v) is 8.39. The van der Waals surface area contributed by atoms with E-state index in [2.05, 4.69) is 6.58 Å². The Labute approximate surface area is 146 Å². The minimum Gasteiger partial charge on any atom is -0.490 e. The number of piperidine rings is 1. The molecule has 0 bridgehead atoms. The van der Waals surface area contributed by atoms with E-state index in [1.807, 2.05) is 30.3 Å². The third-order valence-corrected chi connectivity index (χ3v) is 4.43. The van der Waals surface area contributed by atoms with E-state index in [0.29, 0.717) is 39.1 Å². The zero-order valence-electron chi connectivity index (χ0n) is 14.0. The van der Waals surface area contributed by atoms with E-state index < -0.39 is 6.09 Å². The Morgan fingerprint density at radius 3 is 2.68 bits per heavy atom. The van der Waals surface area contributed by atoms with Gasteiger partial charge in [0.15, 0.2) is 6.10 Å². The van der Waals surface area contributed by atoms with Gasteiger partial charge in [-0.1, -0.05) is 24.8 Å². The zero-order valence-corrected chi connectivity index (χ0v) is 14.0. The SMILES string of the molecule is C=COC(=O)N1CCC(N2CC(COc3ccccc3)OC2=O)CC1. The van der Waals surface area contributed by atoms with Crippen molar-refractivity contribution in [3.8, 4) is 5.75 Å². The van der Waals surface area contributed by atoms with Crippen LogP contribution >= 0.6 is 0 Å². The van der Waals surface area contributed by atoms with Crippen molar-refractivity contribution >= 4 is 12.2 Å². The third kappa shape index (κ3) is 4.23. The van der Waals surface area contributed by atoms with E-state index in [4.69, 9.17) is 14.2 Å². The van der Waals surface area contributed by atoms with Gasteiger partial charge in [0.05, 0.1) is 12.8 Å². The van der Waals surface area contributed by atoms with Crippen LogP contribution in [0.3, 0.4) is 0 Å². The van der Waals surface area contributed by atoms with Crippen molar-refractivity contribution in [3.63, 3.8) is 0 Å². The Balaban J connectivity index is 1.47. The van der Waals surface area contributed by atoms with Gasteiger partial charge < -0.3 is 24.0 Å². The Morgan fingerprint density at radius 1 is 1.28 bits per heavy atom. The van der Waals surface area contributed by atoms with Crippen molar-refractivity contribution in [2.75, 3.05) is 26.2 Å². The van der Waals surface area contributed by atoms with E-state index in [1.54, 1.807) is 9.80 Å². The fraction of sp³-hybridized carbons (Fsp3) is 0.444. The maximum absolute atomic E-state index is 12.1. The van der Waals surface area contributed by atoms with Crippen LogP contribution in [0.25, 0.3) is 0 Å². The van der Waals surface area contributed by atoms with Crippen LogP contribution in [0.1, 0.15) is 12.8 Å². The number of hydrogen-bond donors (Lipinski definition) is 0. The number of carbonyl (C=O) groups is 2. The number of ether oxygens (including phenoxy) is 3. The molecular formula is C18H22N2O5. The lowest BCUT2D eigenvalue weighted by atomic mass is 10.0. The predicted octanol–water partition coefficient (Wildman–Crippen LogP) is 2.63. The minimum absolute atomic E-state index is 0.0713. The molecule has 0 spiro atoms. The first-order valence-electron chi connectivity index (χ1n) is 8.39. The fourth-order valence-corrected chi connectivity index (χ4v) is 3.14. The number of nitrogens with zero attached hydrogens (tertiary/aromatic N) is 2. The highest BCUT2D eigenvalue weighted by Crippen LogP contribution is 2.23. The predicted molar refractivity (Wildman–Crippen MR) is 90.2 cm³/mol. The number of rotatable bonds is 5. The van der Waals surface area contributed by atoms with Gasteiger partial charge in [0.25, 0.3) is 0 Å². The standard InChI is InChI=1S/C18H22N2O5/c1-2-23-17(21)19-10-8-14(9-11-19)20-12-16(25-18(20)22)13-24-15-6-4-3-5-7-15/h2-7,14,16H,1,8-13H2. The maximum Gasteiger partial charge on any atom is 0.414 e. The third-order valence-electron chi connectivity index (χ3n) is 4.43. The molecule has 7 nitrogen and oxygen atoms in total. The summed E-state index contributed by atoms with van der Waals surface area (Å²) in [7, 11) is 0. The molecule has 25 heavy (non-hydrogen) atoms. The molecule has 2 amide bonds. The van der Waals surface area contributed by atoms with Crippen LogP contribution in [0, 0.1) is 0 Å². The fourth-order valence-electron chi connectivity index (χ4n) is 3.14. The summed E-state index contributed by atoms with van der Waals surface area (Å²) in [4.78, 5) is 27.2. The molecule has 0 saturated carbocycles.